The monoisotopic (exact) mass is 286 g/mol. The first-order valence-corrected chi connectivity index (χ1v) is 7.41. The molecule has 1 rings (SSSR count). The summed E-state index contributed by atoms with van der Waals surface area (Å²) in [6.07, 6.45) is 0. The summed E-state index contributed by atoms with van der Waals surface area (Å²) in [5.74, 6) is 0.0952. The predicted molar refractivity (Wildman–Crippen MR) is 72.5 cm³/mol. The third kappa shape index (κ3) is 3.51. The normalized spacial score (nSPS) is 13.5. The largest absolute Gasteiger partial charge is 0.289 e. The SMILES string of the molecule is Cc1cccc([N+](=O)[O-])c1S(=O)(=O)NC(C)C(C)C. The minimum absolute atomic E-state index is 0.0952. The maximum absolute atomic E-state index is 12.3. The van der Waals surface area contributed by atoms with E-state index in [-0.39, 0.29) is 16.9 Å². The summed E-state index contributed by atoms with van der Waals surface area (Å²) in [5, 5.41) is 11.0. The van der Waals surface area contributed by atoms with Crippen LogP contribution in [0.15, 0.2) is 23.1 Å². The molecule has 0 amide bonds. The summed E-state index contributed by atoms with van der Waals surface area (Å²) in [6.45, 7) is 7.02. The standard InChI is InChI=1S/C12H18N2O4S/c1-8(2)10(4)13-19(17,18)12-9(3)6-5-7-11(12)14(15)16/h5-8,10,13H,1-4H3. The van der Waals surface area contributed by atoms with Crippen LogP contribution < -0.4 is 4.72 Å². The van der Waals surface area contributed by atoms with Crippen molar-refractivity contribution in [2.24, 2.45) is 5.92 Å². The molecule has 6 nitrogen and oxygen atoms in total. The summed E-state index contributed by atoms with van der Waals surface area (Å²) in [6, 6.07) is 3.91. The van der Waals surface area contributed by atoms with Crippen molar-refractivity contribution in [2.75, 3.05) is 0 Å². The van der Waals surface area contributed by atoms with Gasteiger partial charge in [-0.3, -0.25) is 10.1 Å². The topological polar surface area (TPSA) is 89.3 Å². The van der Waals surface area contributed by atoms with Gasteiger partial charge in [-0.1, -0.05) is 26.0 Å². The Balaban J connectivity index is 3.33. The average molecular weight is 286 g/mol. The van der Waals surface area contributed by atoms with Gasteiger partial charge >= 0.3 is 0 Å². The summed E-state index contributed by atoms with van der Waals surface area (Å²) < 4.78 is 27.0. The van der Waals surface area contributed by atoms with Crippen molar-refractivity contribution in [1.29, 1.82) is 0 Å². The Morgan fingerprint density at radius 2 is 1.84 bits per heavy atom. The van der Waals surface area contributed by atoms with E-state index in [2.05, 4.69) is 4.72 Å². The van der Waals surface area contributed by atoms with Gasteiger partial charge < -0.3 is 0 Å². The molecule has 0 fully saturated rings. The Labute approximate surface area is 113 Å². The Morgan fingerprint density at radius 1 is 1.26 bits per heavy atom. The van der Waals surface area contributed by atoms with E-state index in [1.165, 1.54) is 12.1 Å². The highest BCUT2D eigenvalue weighted by Crippen LogP contribution is 2.27. The number of sulfonamides is 1. The van der Waals surface area contributed by atoms with Crippen LogP contribution in [-0.4, -0.2) is 19.4 Å². The van der Waals surface area contributed by atoms with Crippen LogP contribution >= 0.6 is 0 Å². The molecule has 1 unspecified atom stereocenters. The minimum atomic E-state index is -3.90. The van der Waals surface area contributed by atoms with Crippen LogP contribution in [0, 0.1) is 23.0 Å². The van der Waals surface area contributed by atoms with Gasteiger partial charge in [-0.15, -0.1) is 0 Å². The Morgan fingerprint density at radius 3 is 2.32 bits per heavy atom. The summed E-state index contributed by atoms with van der Waals surface area (Å²) in [4.78, 5) is 10.0. The average Bonchev–Trinajstić information content (AvgIpc) is 2.27. The zero-order chi connectivity index (χ0) is 14.8. The summed E-state index contributed by atoms with van der Waals surface area (Å²) in [5.41, 5.74) is -0.0406. The quantitative estimate of drug-likeness (QED) is 0.664. The molecule has 1 aromatic rings. The molecule has 0 aliphatic carbocycles. The number of nitrogens with one attached hydrogen (secondary N) is 1. The number of hydrogen-bond donors (Lipinski definition) is 1. The second-order valence-electron chi connectivity index (χ2n) is 4.83. The molecule has 0 saturated heterocycles. The summed E-state index contributed by atoms with van der Waals surface area (Å²) >= 11 is 0. The van der Waals surface area contributed by atoms with Gasteiger partial charge in [0.15, 0.2) is 4.90 Å². The first kappa shape index (κ1) is 15.6. The highest BCUT2D eigenvalue weighted by Gasteiger charge is 2.29. The van der Waals surface area contributed by atoms with Gasteiger partial charge in [-0.05, 0) is 25.3 Å². The van der Waals surface area contributed by atoms with Gasteiger partial charge in [-0.25, -0.2) is 13.1 Å². The lowest BCUT2D eigenvalue weighted by Crippen LogP contribution is -2.36. The van der Waals surface area contributed by atoms with Gasteiger partial charge in [0.2, 0.25) is 10.0 Å². The molecule has 0 heterocycles. The second-order valence-corrected chi connectivity index (χ2v) is 6.49. The highest BCUT2D eigenvalue weighted by molar-refractivity contribution is 7.89. The smallest absolute Gasteiger partial charge is 0.258 e. The molecule has 1 aromatic carbocycles. The molecule has 0 spiro atoms. The maximum atomic E-state index is 12.3. The van der Waals surface area contributed by atoms with E-state index >= 15 is 0 Å². The van der Waals surface area contributed by atoms with Crippen LogP contribution in [0.3, 0.4) is 0 Å². The van der Waals surface area contributed by atoms with Crippen molar-refractivity contribution in [3.8, 4) is 0 Å². The molecule has 7 heteroatoms. The number of nitrogens with zero attached hydrogens (tertiary/aromatic N) is 1. The van der Waals surface area contributed by atoms with Crippen molar-refractivity contribution < 1.29 is 13.3 Å². The van der Waals surface area contributed by atoms with Crippen LogP contribution in [-0.2, 0) is 10.0 Å². The number of hydrogen-bond acceptors (Lipinski definition) is 4. The second kappa shape index (κ2) is 5.66. The Hall–Kier alpha value is -1.47. The molecule has 0 aliphatic rings. The van der Waals surface area contributed by atoms with Gasteiger partial charge in [0.05, 0.1) is 4.92 Å². The molecule has 1 N–H and O–H groups in total. The third-order valence-electron chi connectivity index (χ3n) is 3.00. The number of benzene rings is 1. The van der Waals surface area contributed by atoms with Crippen molar-refractivity contribution in [1.82, 2.24) is 4.72 Å². The zero-order valence-corrected chi connectivity index (χ0v) is 12.2. The lowest BCUT2D eigenvalue weighted by molar-refractivity contribution is -0.387. The molecular formula is C12H18N2O4S. The fourth-order valence-corrected chi connectivity index (χ4v) is 3.36. The first-order valence-electron chi connectivity index (χ1n) is 5.93. The van der Waals surface area contributed by atoms with Crippen LogP contribution in [0.25, 0.3) is 0 Å². The van der Waals surface area contributed by atoms with Crippen molar-refractivity contribution in [3.63, 3.8) is 0 Å². The van der Waals surface area contributed by atoms with Gasteiger partial charge in [0.1, 0.15) is 0 Å². The van der Waals surface area contributed by atoms with E-state index in [4.69, 9.17) is 0 Å². The Kier molecular flexibility index (Phi) is 4.65. The van der Waals surface area contributed by atoms with E-state index in [0.717, 1.165) is 0 Å². The fraction of sp³-hybridized carbons (Fsp3) is 0.500. The molecule has 0 aromatic heterocycles. The van der Waals surface area contributed by atoms with Crippen LogP contribution in [0.5, 0.6) is 0 Å². The van der Waals surface area contributed by atoms with Crippen molar-refractivity contribution >= 4 is 15.7 Å². The third-order valence-corrected chi connectivity index (χ3v) is 4.75. The van der Waals surface area contributed by atoms with Crippen LogP contribution in [0.1, 0.15) is 26.3 Å². The molecule has 19 heavy (non-hydrogen) atoms. The molecule has 0 bridgehead atoms. The summed E-state index contributed by atoms with van der Waals surface area (Å²) in [7, 11) is -3.90. The van der Waals surface area contributed by atoms with E-state index in [0.29, 0.717) is 5.56 Å². The molecule has 106 valence electrons. The van der Waals surface area contributed by atoms with Gasteiger partial charge in [-0.2, -0.15) is 0 Å². The van der Waals surface area contributed by atoms with E-state index in [9.17, 15) is 18.5 Å². The maximum Gasteiger partial charge on any atom is 0.289 e. The molecule has 0 radical (unpaired) electrons. The first-order chi connectivity index (χ1) is 8.66. The molecule has 1 atom stereocenters. The fourth-order valence-electron chi connectivity index (χ4n) is 1.57. The molecular weight excluding hydrogens is 268 g/mol. The number of nitro benzene ring substituents is 1. The number of nitro groups is 1. The van der Waals surface area contributed by atoms with E-state index in [1.54, 1.807) is 19.9 Å². The van der Waals surface area contributed by atoms with Gasteiger partial charge in [0, 0.05) is 12.1 Å². The van der Waals surface area contributed by atoms with E-state index < -0.39 is 20.6 Å². The lowest BCUT2D eigenvalue weighted by atomic mass is 10.1. The molecule has 0 aliphatic heterocycles. The minimum Gasteiger partial charge on any atom is -0.258 e. The van der Waals surface area contributed by atoms with E-state index in [1.807, 2.05) is 13.8 Å². The Bertz CT molecular complexity index is 581. The predicted octanol–water partition coefficient (Wildman–Crippen LogP) is 2.23. The van der Waals surface area contributed by atoms with Crippen molar-refractivity contribution in [2.45, 2.75) is 38.6 Å². The lowest BCUT2D eigenvalue weighted by Gasteiger charge is -2.18. The number of rotatable bonds is 5. The molecule has 0 saturated carbocycles. The van der Waals surface area contributed by atoms with Crippen molar-refractivity contribution in [3.05, 3.63) is 33.9 Å². The van der Waals surface area contributed by atoms with Crippen LogP contribution in [0.2, 0.25) is 0 Å². The van der Waals surface area contributed by atoms with Gasteiger partial charge in [0.25, 0.3) is 5.69 Å². The van der Waals surface area contributed by atoms with Crippen LogP contribution in [0.4, 0.5) is 5.69 Å². The number of aryl methyl sites for hydroxylation is 1. The highest BCUT2D eigenvalue weighted by atomic mass is 32.2. The zero-order valence-electron chi connectivity index (χ0n) is 11.4.